The number of carbonyl (C=O) groups is 1. The van der Waals surface area contributed by atoms with Gasteiger partial charge in [-0.05, 0) is 24.7 Å². The van der Waals surface area contributed by atoms with Crippen LogP contribution in [0.5, 0.6) is 0 Å². The maximum absolute atomic E-state index is 11.0. The number of rotatable bonds is 0. The molecular formula is C9H16N2O. The molecule has 0 aromatic rings. The van der Waals surface area contributed by atoms with Gasteiger partial charge in [-0.2, -0.15) is 0 Å². The van der Waals surface area contributed by atoms with Crippen LogP contribution in [0, 0.1) is 5.41 Å². The van der Waals surface area contributed by atoms with E-state index in [9.17, 15) is 4.79 Å². The summed E-state index contributed by atoms with van der Waals surface area (Å²) in [7, 11) is 0. The van der Waals surface area contributed by atoms with Gasteiger partial charge in [-0.3, -0.25) is 4.79 Å². The second-order valence-corrected chi connectivity index (χ2v) is 4.18. The number of amides is 1. The molecule has 1 spiro atoms. The molecule has 1 saturated heterocycles. The van der Waals surface area contributed by atoms with Crippen LogP contribution in [0.2, 0.25) is 0 Å². The van der Waals surface area contributed by atoms with Crippen molar-refractivity contribution in [3.8, 4) is 0 Å². The zero-order valence-corrected chi connectivity index (χ0v) is 7.55. The highest BCUT2D eigenvalue weighted by molar-refractivity contribution is 5.73. The second-order valence-electron chi connectivity index (χ2n) is 4.18. The van der Waals surface area contributed by atoms with Gasteiger partial charge >= 0.3 is 0 Å². The van der Waals surface area contributed by atoms with E-state index in [1.807, 2.05) is 4.90 Å². The zero-order valence-electron chi connectivity index (χ0n) is 7.55. The van der Waals surface area contributed by atoms with Crippen LogP contribution in [0.25, 0.3) is 0 Å². The Labute approximate surface area is 72.9 Å². The molecule has 2 N–H and O–H groups in total. The lowest BCUT2D eigenvalue weighted by Crippen LogP contribution is -2.39. The summed E-state index contributed by atoms with van der Waals surface area (Å²) in [5, 5.41) is 0. The molecule has 2 rings (SSSR count). The predicted molar refractivity (Wildman–Crippen MR) is 46.5 cm³/mol. The molecule has 0 bridgehead atoms. The molecule has 2 aliphatic rings. The largest absolute Gasteiger partial charge is 0.343 e. The first-order valence-electron chi connectivity index (χ1n) is 4.65. The van der Waals surface area contributed by atoms with E-state index in [-0.39, 0.29) is 5.91 Å². The van der Waals surface area contributed by atoms with Gasteiger partial charge in [-0.1, -0.05) is 0 Å². The van der Waals surface area contributed by atoms with Crippen molar-refractivity contribution < 1.29 is 4.79 Å². The van der Waals surface area contributed by atoms with Gasteiger partial charge in [0.2, 0.25) is 5.91 Å². The Morgan fingerprint density at radius 3 is 2.33 bits per heavy atom. The van der Waals surface area contributed by atoms with Gasteiger partial charge in [-0.15, -0.1) is 0 Å². The van der Waals surface area contributed by atoms with E-state index in [4.69, 9.17) is 5.73 Å². The summed E-state index contributed by atoms with van der Waals surface area (Å²) in [5.74, 6) is 0.207. The van der Waals surface area contributed by atoms with Crippen molar-refractivity contribution in [1.29, 1.82) is 0 Å². The highest BCUT2D eigenvalue weighted by atomic mass is 16.2. The van der Waals surface area contributed by atoms with Crippen LogP contribution >= 0.6 is 0 Å². The Bertz CT molecular complexity index is 207. The quantitative estimate of drug-likeness (QED) is 0.567. The summed E-state index contributed by atoms with van der Waals surface area (Å²) in [6.07, 6.45) is 3.42. The fraction of sp³-hybridized carbons (Fsp3) is 0.889. The van der Waals surface area contributed by atoms with E-state index in [0.717, 1.165) is 25.9 Å². The summed E-state index contributed by atoms with van der Waals surface area (Å²) in [5.41, 5.74) is 6.29. The van der Waals surface area contributed by atoms with Crippen LogP contribution in [0.1, 0.15) is 26.2 Å². The first-order chi connectivity index (χ1) is 5.64. The molecule has 0 aromatic heterocycles. The highest BCUT2D eigenvalue weighted by Gasteiger charge is 2.52. The van der Waals surface area contributed by atoms with Gasteiger partial charge in [0.05, 0.1) is 0 Å². The number of hydrogen-bond donors (Lipinski definition) is 1. The Balaban J connectivity index is 1.90. The normalized spacial score (nSPS) is 32.2. The van der Waals surface area contributed by atoms with Crippen LogP contribution in [0.4, 0.5) is 0 Å². The average Bonchev–Trinajstić information content (AvgIpc) is 2.62. The van der Waals surface area contributed by atoms with E-state index >= 15 is 0 Å². The third-order valence-electron chi connectivity index (χ3n) is 3.46. The third-order valence-corrected chi connectivity index (χ3v) is 3.46. The summed E-state index contributed by atoms with van der Waals surface area (Å²) >= 11 is 0. The van der Waals surface area contributed by atoms with E-state index in [2.05, 4.69) is 0 Å². The van der Waals surface area contributed by atoms with Crippen molar-refractivity contribution in [2.75, 3.05) is 13.1 Å². The zero-order chi connectivity index (χ0) is 8.77. The molecule has 1 aliphatic carbocycles. The minimum absolute atomic E-state index is 0.207. The third kappa shape index (κ3) is 1.12. The molecule has 1 aliphatic heterocycles. The summed E-state index contributed by atoms with van der Waals surface area (Å²) < 4.78 is 0. The van der Waals surface area contributed by atoms with Crippen LogP contribution < -0.4 is 5.73 Å². The second kappa shape index (κ2) is 2.46. The van der Waals surface area contributed by atoms with Gasteiger partial charge in [-0.25, -0.2) is 0 Å². The Morgan fingerprint density at radius 1 is 1.50 bits per heavy atom. The fourth-order valence-corrected chi connectivity index (χ4v) is 2.22. The maximum atomic E-state index is 11.0. The van der Waals surface area contributed by atoms with Crippen molar-refractivity contribution in [1.82, 2.24) is 4.90 Å². The number of piperidine rings is 1. The topological polar surface area (TPSA) is 46.3 Å². The van der Waals surface area contributed by atoms with E-state index in [1.54, 1.807) is 6.92 Å². The molecule has 1 heterocycles. The Morgan fingerprint density at radius 2 is 2.00 bits per heavy atom. The molecule has 1 amide bonds. The Kier molecular flexibility index (Phi) is 1.65. The van der Waals surface area contributed by atoms with Gasteiger partial charge in [0.25, 0.3) is 0 Å². The molecule has 0 radical (unpaired) electrons. The minimum atomic E-state index is 0.207. The highest BCUT2D eigenvalue weighted by Crippen LogP contribution is 2.52. The van der Waals surface area contributed by atoms with Crippen LogP contribution in [-0.2, 0) is 4.79 Å². The number of likely N-dealkylation sites (tertiary alicyclic amines) is 1. The molecule has 0 aromatic carbocycles. The molecular weight excluding hydrogens is 152 g/mol. The molecule has 3 nitrogen and oxygen atoms in total. The van der Waals surface area contributed by atoms with Crippen molar-refractivity contribution >= 4 is 5.91 Å². The standard InChI is InChI=1S/C9H16N2O/c1-7(12)11-4-2-9(3-5-11)6-8(9)10/h8H,2-6,10H2,1H3. The minimum Gasteiger partial charge on any atom is -0.343 e. The summed E-state index contributed by atoms with van der Waals surface area (Å²) in [4.78, 5) is 12.9. The van der Waals surface area contributed by atoms with Gasteiger partial charge in [0.15, 0.2) is 0 Å². The van der Waals surface area contributed by atoms with Crippen LogP contribution in [-0.4, -0.2) is 29.9 Å². The summed E-state index contributed by atoms with van der Waals surface area (Å²) in [6.45, 7) is 3.48. The SMILES string of the molecule is CC(=O)N1CCC2(CC1)CC2N. The fourth-order valence-electron chi connectivity index (χ4n) is 2.22. The van der Waals surface area contributed by atoms with Crippen molar-refractivity contribution in [3.63, 3.8) is 0 Å². The van der Waals surface area contributed by atoms with Crippen LogP contribution in [0.3, 0.4) is 0 Å². The van der Waals surface area contributed by atoms with Crippen molar-refractivity contribution in [2.24, 2.45) is 11.1 Å². The smallest absolute Gasteiger partial charge is 0.219 e. The predicted octanol–water partition coefficient (Wildman–Crippen LogP) is 0.346. The first-order valence-corrected chi connectivity index (χ1v) is 4.65. The molecule has 2 fully saturated rings. The summed E-state index contributed by atoms with van der Waals surface area (Å²) in [6, 6.07) is 0.423. The van der Waals surface area contributed by atoms with E-state index in [0.29, 0.717) is 11.5 Å². The van der Waals surface area contributed by atoms with Crippen molar-refractivity contribution in [2.45, 2.75) is 32.2 Å². The average molecular weight is 168 g/mol. The lowest BCUT2D eigenvalue weighted by atomic mass is 9.93. The maximum Gasteiger partial charge on any atom is 0.219 e. The van der Waals surface area contributed by atoms with E-state index < -0.39 is 0 Å². The molecule has 3 heteroatoms. The molecule has 1 atom stereocenters. The molecule has 12 heavy (non-hydrogen) atoms. The van der Waals surface area contributed by atoms with Gasteiger partial charge < -0.3 is 10.6 Å². The number of nitrogens with zero attached hydrogens (tertiary/aromatic N) is 1. The number of nitrogens with two attached hydrogens (primary N) is 1. The van der Waals surface area contributed by atoms with Crippen molar-refractivity contribution in [3.05, 3.63) is 0 Å². The van der Waals surface area contributed by atoms with Gasteiger partial charge in [0.1, 0.15) is 0 Å². The van der Waals surface area contributed by atoms with Crippen LogP contribution in [0.15, 0.2) is 0 Å². The monoisotopic (exact) mass is 168 g/mol. The first kappa shape index (κ1) is 8.05. The van der Waals surface area contributed by atoms with E-state index in [1.165, 1.54) is 6.42 Å². The molecule has 68 valence electrons. The molecule has 1 saturated carbocycles. The number of carbonyl (C=O) groups excluding carboxylic acids is 1. The molecule has 1 unspecified atom stereocenters. The van der Waals surface area contributed by atoms with Gasteiger partial charge in [0, 0.05) is 26.1 Å². The lowest BCUT2D eigenvalue weighted by molar-refractivity contribution is -0.130. The number of hydrogen-bond acceptors (Lipinski definition) is 2. The lowest BCUT2D eigenvalue weighted by Gasteiger charge is -2.31. The Hall–Kier alpha value is -0.570.